The zero-order chi connectivity index (χ0) is 23.2. The summed E-state index contributed by atoms with van der Waals surface area (Å²) >= 11 is 0. The van der Waals surface area contributed by atoms with Gasteiger partial charge in [0.1, 0.15) is 24.1 Å². The highest BCUT2D eigenvalue weighted by atomic mass is 19.4. The number of hydrogen-bond donors (Lipinski definition) is 1. The molecule has 0 spiro atoms. The molecule has 1 N–H and O–H groups in total. The molecule has 7 nitrogen and oxygen atoms in total. The third-order valence-electron chi connectivity index (χ3n) is 5.66. The monoisotopic (exact) mass is 465 g/mol. The molecule has 0 amide bonds. The Bertz CT molecular complexity index is 1190. The van der Waals surface area contributed by atoms with Crippen molar-refractivity contribution in [2.24, 2.45) is 0 Å². The van der Waals surface area contributed by atoms with Crippen molar-refractivity contribution in [3.63, 3.8) is 0 Å². The Morgan fingerprint density at radius 3 is 2.73 bits per heavy atom. The van der Waals surface area contributed by atoms with Gasteiger partial charge in [0.15, 0.2) is 17.6 Å². The number of rotatable bonds is 5. The van der Waals surface area contributed by atoms with Crippen LogP contribution in [0.3, 0.4) is 0 Å². The fourth-order valence-electron chi connectivity index (χ4n) is 4.10. The molecular weight excluding hydrogens is 446 g/mol. The molecule has 2 saturated heterocycles. The maximum Gasteiger partial charge on any atom is 0.418 e. The van der Waals surface area contributed by atoms with Crippen LogP contribution in [0.1, 0.15) is 12.0 Å². The van der Waals surface area contributed by atoms with Gasteiger partial charge >= 0.3 is 6.18 Å². The lowest BCUT2D eigenvalue weighted by molar-refractivity contribution is -0.137. The molecule has 3 aromatic rings. The Morgan fingerprint density at radius 2 is 1.94 bits per heavy atom. The van der Waals surface area contributed by atoms with Gasteiger partial charge in [-0.15, -0.1) is 0 Å². The summed E-state index contributed by atoms with van der Waals surface area (Å²) < 4.78 is 76.7. The van der Waals surface area contributed by atoms with Crippen molar-refractivity contribution in [3.8, 4) is 11.5 Å². The molecule has 2 aliphatic heterocycles. The molecule has 3 heterocycles. The van der Waals surface area contributed by atoms with Crippen molar-refractivity contribution in [1.29, 1.82) is 0 Å². The standard InChI is InChI=1S/C22H19F4N3O4/c1-30-17-7-12-15(8-18(17)33-19-9-32-16-4-5-31-20(16)19)27-10-28-21(12)29-14-3-2-11(23)6-13(14)22(24,25)26/h2-3,6-8,10,16,19-20H,4-5,9H2,1H3,(H,27,28,29)/t16?,19-,20-/m1/s1. The average Bonchev–Trinajstić information content (AvgIpc) is 3.39. The number of benzene rings is 2. The lowest BCUT2D eigenvalue weighted by atomic mass is 10.1. The van der Waals surface area contributed by atoms with Crippen molar-refractivity contribution in [1.82, 2.24) is 9.97 Å². The van der Waals surface area contributed by atoms with Gasteiger partial charge in [0.25, 0.3) is 0 Å². The minimum Gasteiger partial charge on any atom is -0.493 e. The van der Waals surface area contributed by atoms with Crippen LogP contribution < -0.4 is 14.8 Å². The molecular formula is C22H19F4N3O4. The summed E-state index contributed by atoms with van der Waals surface area (Å²) in [6, 6.07) is 5.58. The lowest BCUT2D eigenvalue weighted by Gasteiger charge is -2.20. The van der Waals surface area contributed by atoms with Crippen LogP contribution in [0.5, 0.6) is 11.5 Å². The largest absolute Gasteiger partial charge is 0.493 e. The highest BCUT2D eigenvalue weighted by molar-refractivity contribution is 5.93. The van der Waals surface area contributed by atoms with Gasteiger partial charge in [-0.2, -0.15) is 13.2 Å². The smallest absolute Gasteiger partial charge is 0.418 e. The van der Waals surface area contributed by atoms with Crippen molar-refractivity contribution in [3.05, 3.63) is 48.0 Å². The van der Waals surface area contributed by atoms with Gasteiger partial charge in [-0.3, -0.25) is 0 Å². The number of nitrogens with one attached hydrogen (secondary N) is 1. The quantitative estimate of drug-likeness (QED) is 0.557. The normalized spacial score (nSPS) is 22.4. The summed E-state index contributed by atoms with van der Waals surface area (Å²) in [4.78, 5) is 8.29. The maximum absolute atomic E-state index is 13.5. The summed E-state index contributed by atoms with van der Waals surface area (Å²) in [5.41, 5.74) is -1.06. The molecule has 0 radical (unpaired) electrons. The van der Waals surface area contributed by atoms with Crippen LogP contribution in [-0.4, -0.2) is 48.6 Å². The van der Waals surface area contributed by atoms with Crippen molar-refractivity contribution in [2.75, 3.05) is 25.6 Å². The Hall–Kier alpha value is -3.18. The zero-order valence-electron chi connectivity index (χ0n) is 17.4. The number of alkyl halides is 3. The number of methoxy groups -OCH3 is 1. The number of aromatic nitrogens is 2. The molecule has 2 aromatic carbocycles. The van der Waals surface area contributed by atoms with E-state index in [0.29, 0.717) is 41.7 Å². The summed E-state index contributed by atoms with van der Waals surface area (Å²) in [7, 11) is 1.45. The van der Waals surface area contributed by atoms with E-state index in [1.54, 1.807) is 12.1 Å². The summed E-state index contributed by atoms with van der Waals surface area (Å²) in [6.45, 7) is 0.980. The van der Waals surface area contributed by atoms with E-state index < -0.39 is 17.6 Å². The molecule has 0 aliphatic carbocycles. The topological polar surface area (TPSA) is 74.7 Å². The Labute approximate surface area is 185 Å². The van der Waals surface area contributed by atoms with Gasteiger partial charge < -0.3 is 24.3 Å². The SMILES string of the molecule is COc1cc2c(Nc3ccc(F)cc3C(F)(F)F)ncnc2cc1O[C@@H]1COC2CCO[C@H]21. The van der Waals surface area contributed by atoms with Crippen molar-refractivity contribution < 1.29 is 36.5 Å². The fraction of sp³-hybridized carbons (Fsp3) is 0.364. The molecule has 2 fully saturated rings. The Balaban J connectivity index is 1.50. The number of hydrogen-bond acceptors (Lipinski definition) is 7. The summed E-state index contributed by atoms with van der Waals surface area (Å²) in [6.07, 6.45) is -3.23. The first-order valence-corrected chi connectivity index (χ1v) is 10.2. The molecule has 174 valence electrons. The van der Waals surface area contributed by atoms with Gasteiger partial charge in [0.05, 0.1) is 36.6 Å². The zero-order valence-corrected chi connectivity index (χ0v) is 17.4. The van der Waals surface area contributed by atoms with Gasteiger partial charge in [0.2, 0.25) is 0 Å². The Kier molecular flexibility index (Phi) is 5.45. The first-order valence-electron chi connectivity index (χ1n) is 10.2. The lowest BCUT2D eigenvalue weighted by Crippen LogP contribution is -2.32. The summed E-state index contributed by atoms with van der Waals surface area (Å²) in [5, 5.41) is 3.05. The van der Waals surface area contributed by atoms with E-state index in [9.17, 15) is 17.6 Å². The number of ether oxygens (including phenoxy) is 4. The third-order valence-corrected chi connectivity index (χ3v) is 5.66. The predicted octanol–water partition coefficient (Wildman–Crippen LogP) is 4.48. The molecule has 11 heteroatoms. The second-order valence-electron chi connectivity index (χ2n) is 7.71. The number of halogens is 4. The highest BCUT2D eigenvalue weighted by Crippen LogP contribution is 2.40. The number of fused-ring (bicyclic) bond motifs is 2. The molecule has 3 atom stereocenters. The van der Waals surface area contributed by atoms with Crippen LogP contribution in [0, 0.1) is 5.82 Å². The minimum absolute atomic E-state index is 0.00174. The van der Waals surface area contributed by atoms with Crippen LogP contribution in [0.2, 0.25) is 0 Å². The van der Waals surface area contributed by atoms with Gasteiger partial charge in [0, 0.05) is 18.1 Å². The number of nitrogens with zero attached hydrogens (tertiary/aromatic N) is 2. The molecule has 2 aliphatic rings. The van der Waals surface area contributed by atoms with Crippen molar-refractivity contribution >= 4 is 22.4 Å². The fourth-order valence-corrected chi connectivity index (χ4v) is 4.10. The third kappa shape index (κ3) is 4.13. The van der Waals surface area contributed by atoms with Gasteiger partial charge in [-0.25, -0.2) is 14.4 Å². The van der Waals surface area contributed by atoms with E-state index >= 15 is 0 Å². The van der Waals surface area contributed by atoms with E-state index in [4.69, 9.17) is 18.9 Å². The number of anilines is 2. The molecule has 33 heavy (non-hydrogen) atoms. The average molecular weight is 465 g/mol. The van der Waals surface area contributed by atoms with E-state index in [1.165, 1.54) is 13.4 Å². The Morgan fingerprint density at radius 1 is 1.09 bits per heavy atom. The van der Waals surface area contributed by atoms with Gasteiger partial charge in [-0.05, 0) is 30.7 Å². The highest BCUT2D eigenvalue weighted by Gasteiger charge is 2.43. The minimum atomic E-state index is -4.75. The first kappa shape index (κ1) is 21.7. The molecule has 5 rings (SSSR count). The van der Waals surface area contributed by atoms with E-state index in [-0.39, 0.29) is 29.8 Å². The molecule has 0 bridgehead atoms. The molecule has 1 unspecified atom stereocenters. The predicted molar refractivity (Wildman–Crippen MR) is 109 cm³/mol. The second kappa shape index (κ2) is 8.31. The van der Waals surface area contributed by atoms with Crippen molar-refractivity contribution in [2.45, 2.75) is 30.9 Å². The van der Waals surface area contributed by atoms with E-state index in [2.05, 4.69) is 15.3 Å². The molecule has 1 aromatic heterocycles. The first-order chi connectivity index (χ1) is 15.8. The van der Waals surface area contributed by atoms with Crippen LogP contribution in [-0.2, 0) is 15.7 Å². The summed E-state index contributed by atoms with van der Waals surface area (Å²) in [5.74, 6) is -0.146. The van der Waals surface area contributed by atoms with Gasteiger partial charge in [-0.1, -0.05) is 0 Å². The van der Waals surface area contributed by atoms with Crippen LogP contribution in [0.25, 0.3) is 10.9 Å². The molecule has 0 saturated carbocycles. The second-order valence-corrected chi connectivity index (χ2v) is 7.71. The van der Waals surface area contributed by atoms with Crippen LogP contribution in [0.4, 0.5) is 29.1 Å². The maximum atomic E-state index is 13.5. The van der Waals surface area contributed by atoms with E-state index in [1.807, 2.05) is 0 Å². The van der Waals surface area contributed by atoms with E-state index in [0.717, 1.165) is 18.6 Å². The van der Waals surface area contributed by atoms with Crippen LogP contribution in [0.15, 0.2) is 36.7 Å². The van der Waals surface area contributed by atoms with Crippen LogP contribution >= 0.6 is 0 Å².